The van der Waals surface area contributed by atoms with Gasteiger partial charge in [-0.3, -0.25) is 4.79 Å². The SMILES string of the molecule is O=C(CCCCCNS(=O)(=O)c1ccc2c(c1)OCCO2)OCc1nc2ccccc2s1. The molecular weight excluding hydrogens is 452 g/mol. The lowest BCUT2D eigenvalue weighted by Crippen LogP contribution is -2.25. The zero-order valence-electron chi connectivity index (χ0n) is 17.4. The van der Waals surface area contributed by atoms with Crippen LogP contribution in [0, 0.1) is 0 Å². The van der Waals surface area contributed by atoms with Gasteiger partial charge >= 0.3 is 5.97 Å². The third kappa shape index (κ3) is 5.76. The number of rotatable bonds is 10. The molecule has 1 aliphatic rings. The van der Waals surface area contributed by atoms with E-state index in [-0.39, 0.29) is 24.0 Å². The number of benzene rings is 2. The van der Waals surface area contributed by atoms with Gasteiger partial charge in [-0.15, -0.1) is 11.3 Å². The first-order valence-electron chi connectivity index (χ1n) is 10.4. The van der Waals surface area contributed by atoms with Crippen LogP contribution in [-0.2, 0) is 26.2 Å². The predicted octanol–water partition coefficient (Wildman–Crippen LogP) is 3.65. The number of fused-ring (bicyclic) bond motifs is 2. The van der Waals surface area contributed by atoms with E-state index in [2.05, 4.69) is 9.71 Å². The van der Waals surface area contributed by atoms with Crippen LogP contribution in [0.1, 0.15) is 30.7 Å². The molecule has 170 valence electrons. The van der Waals surface area contributed by atoms with Crippen molar-refractivity contribution in [3.8, 4) is 11.5 Å². The van der Waals surface area contributed by atoms with Crippen LogP contribution < -0.4 is 14.2 Å². The Morgan fingerprint density at radius 2 is 1.88 bits per heavy atom. The number of unbranched alkanes of at least 4 members (excludes halogenated alkanes) is 2. The van der Waals surface area contributed by atoms with Crippen LogP contribution in [0.4, 0.5) is 0 Å². The number of carbonyl (C=O) groups excluding carboxylic acids is 1. The topological polar surface area (TPSA) is 104 Å². The Kier molecular flexibility index (Phi) is 7.23. The van der Waals surface area contributed by atoms with Crippen LogP contribution in [0.15, 0.2) is 47.4 Å². The quantitative estimate of drug-likeness (QED) is 0.352. The molecule has 10 heteroatoms. The van der Waals surface area contributed by atoms with E-state index in [9.17, 15) is 13.2 Å². The van der Waals surface area contributed by atoms with E-state index in [0.29, 0.717) is 50.4 Å². The van der Waals surface area contributed by atoms with Gasteiger partial charge in [0.15, 0.2) is 11.5 Å². The van der Waals surface area contributed by atoms with Crippen LogP contribution in [0.2, 0.25) is 0 Å². The van der Waals surface area contributed by atoms with E-state index >= 15 is 0 Å². The highest BCUT2D eigenvalue weighted by Crippen LogP contribution is 2.32. The normalized spacial score (nSPS) is 13.2. The Morgan fingerprint density at radius 3 is 2.72 bits per heavy atom. The van der Waals surface area contributed by atoms with E-state index in [1.165, 1.54) is 23.5 Å². The number of thiazole rings is 1. The fourth-order valence-electron chi connectivity index (χ4n) is 3.25. The number of hydrogen-bond acceptors (Lipinski definition) is 8. The number of sulfonamides is 1. The van der Waals surface area contributed by atoms with E-state index in [1.54, 1.807) is 6.07 Å². The van der Waals surface area contributed by atoms with Crippen molar-refractivity contribution >= 4 is 37.5 Å². The highest BCUT2D eigenvalue weighted by molar-refractivity contribution is 7.89. The molecular formula is C22H24N2O6S2. The van der Waals surface area contributed by atoms with Crippen molar-refractivity contribution < 1.29 is 27.4 Å². The van der Waals surface area contributed by atoms with Gasteiger partial charge in [-0.2, -0.15) is 0 Å². The number of esters is 1. The maximum atomic E-state index is 12.5. The van der Waals surface area contributed by atoms with Gasteiger partial charge < -0.3 is 14.2 Å². The van der Waals surface area contributed by atoms with Crippen molar-refractivity contribution in [2.24, 2.45) is 0 Å². The average Bonchev–Trinajstić information content (AvgIpc) is 3.22. The van der Waals surface area contributed by atoms with E-state index in [0.717, 1.165) is 15.2 Å². The van der Waals surface area contributed by atoms with Crippen molar-refractivity contribution in [3.05, 3.63) is 47.5 Å². The first kappa shape index (κ1) is 22.5. The maximum Gasteiger partial charge on any atom is 0.306 e. The Labute approximate surface area is 190 Å². The summed E-state index contributed by atoms with van der Waals surface area (Å²) in [6.45, 7) is 1.31. The first-order valence-corrected chi connectivity index (χ1v) is 12.7. The van der Waals surface area contributed by atoms with Crippen LogP contribution >= 0.6 is 11.3 Å². The van der Waals surface area contributed by atoms with E-state index in [4.69, 9.17) is 14.2 Å². The summed E-state index contributed by atoms with van der Waals surface area (Å²) in [5.41, 5.74) is 0.905. The summed E-state index contributed by atoms with van der Waals surface area (Å²) in [5, 5.41) is 0.771. The minimum absolute atomic E-state index is 0.139. The van der Waals surface area contributed by atoms with Crippen molar-refractivity contribution in [2.45, 2.75) is 37.2 Å². The average molecular weight is 477 g/mol. The highest BCUT2D eigenvalue weighted by atomic mass is 32.2. The monoisotopic (exact) mass is 476 g/mol. The number of carbonyl (C=O) groups is 1. The van der Waals surface area contributed by atoms with Crippen molar-refractivity contribution in [1.82, 2.24) is 9.71 Å². The molecule has 0 saturated carbocycles. The molecule has 1 aromatic heterocycles. The van der Waals surface area contributed by atoms with E-state index in [1.807, 2.05) is 24.3 Å². The van der Waals surface area contributed by atoms with Gasteiger partial charge in [0.2, 0.25) is 10.0 Å². The summed E-state index contributed by atoms with van der Waals surface area (Å²) >= 11 is 1.51. The Morgan fingerprint density at radius 1 is 1.06 bits per heavy atom. The predicted molar refractivity (Wildman–Crippen MR) is 121 cm³/mol. The molecule has 8 nitrogen and oxygen atoms in total. The number of hydrogen-bond donors (Lipinski definition) is 1. The molecule has 0 aliphatic carbocycles. The van der Waals surface area contributed by atoms with Gasteiger partial charge in [0.25, 0.3) is 0 Å². The zero-order valence-corrected chi connectivity index (χ0v) is 19.0. The zero-order chi connectivity index (χ0) is 22.4. The molecule has 4 rings (SSSR count). The molecule has 32 heavy (non-hydrogen) atoms. The van der Waals surface area contributed by atoms with Crippen LogP contribution in [0.3, 0.4) is 0 Å². The smallest absolute Gasteiger partial charge is 0.306 e. The summed E-state index contributed by atoms with van der Waals surface area (Å²) in [6.07, 6.45) is 2.25. The van der Waals surface area contributed by atoms with Crippen molar-refractivity contribution in [1.29, 1.82) is 0 Å². The van der Waals surface area contributed by atoms with Gasteiger partial charge in [-0.05, 0) is 37.1 Å². The lowest BCUT2D eigenvalue weighted by Gasteiger charge is -2.18. The van der Waals surface area contributed by atoms with Crippen molar-refractivity contribution in [2.75, 3.05) is 19.8 Å². The van der Waals surface area contributed by atoms with Gasteiger partial charge in [0.05, 0.1) is 15.1 Å². The molecule has 0 fully saturated rings. The highest BCUT2D eigenvalue weighted by Gasteiger charge is 2.19. The lowest BCUT2D eigenvalue weighted by atomic mass is 10.2. The standard InChI is InChI=1S/C22H24N2O6S2/c25-22(30-15-21-24-17-6-3-4-7-20(17)31-21)8-2-1-5-11-23-32(26,27)16-9-10-18-19(14-16)29-13-12-28-18/h3-4,6-7,9-10,14,23H,1-2,5,8,11-13,15H2. The number of aromatic nitrogens is 1. The molecule has 1 aliphatic heterocycles. The van der Waals surface area contributed by atoms with Gasteiger partial charge in [-0.25, -0.2) is 18.1 Å². The molecule has 0 atom stereocenters. The Balaban J connectivity index is 1.13. The third-order valence-corrected chi connectivity index (χ3v) is 7.34. The molecule has 3 aromatic rings. The number of ether oxygens (including phenoxy) is 3. The van der Waals surface area contributed by atoms with Crippen LogP contribution in [0.25, 0.3) is 10.2 Å². The second-order valence-corrected chi connectivity index (χ2v) is 10.1. The summed E-state index contributed by atoms with van der Waals surface area (Å²) in [5.74, 6) is 0.704. The molecule has 0 spiro atoms. The lowest BCUT2D eigenvalue weighted by molar-refractivity contribution is -0.145. The Bertz CT molecular complexity index is 1160. The Hall–Kier alpha value is -2.69. The number of nitrogens with zero attached hydrogens (tertiary/aromatic N) is 1. The fraction of sp³-hybridized carbons (Fsp3) is 0.364. The maximum absolute atomic E-state index is 12.5. The molecule has 2 heterocycles. The van der Waals surface area contributed by atoms with Crippen LogP contribution in [0.5, 0.6) is 11.5 Å². The molecule has 0 radical (unpaired) electrons. The van der Waals surface area contributed by atoms with Crippen LogP contribution in [-0.4, -0.2) is 39.1 Å². The van der Waals surface area contributed by atoms with Gasteiger partial charge in [-0.1, -0.05) is 18.6 Å². The summed E-state index contributed by atoms with van der Waals surface area (Å²) in [6, 6.07) is 12.4. The van der Waals surface area contributed by atoms with Gasteiger partial charge in [0, 0.05) is 19.0 Å². The summed E-state index contributed by atoms with van der Waals surface area (Å²) in [7, 11) is -3.63. The van der Waals surface area contributed by atoms with Gasteiger partial charge in [0.1, 0.15) is 24.8 Å². The molecule has 1 N–H and O–H groups in total. The second kappa shape index (κ2) is 10.3. The molecule has 0 bridgehead atoms. The molecule has 0 saturated heterocycles. The minimum atomic E-state index is -3.63. The van der Waals surface area contributed by atoms with E-state index < -0.39 is 10.0 Å². The second-order valence-electron chi connectivity index (χ2n) is 7.25. The van der Waals surface area contributed by atoms with Crippen molar-refractivity contribution in [3.63, 3.8) is 0 Å². The first-order chi connectivity index (χ1) is 15.5. The summed E-state index contributed by atoms with van der Waals surface area (Å²) < 4.78 is 44.7. The number of para-hydroxylation sites is 1. The minimum Gasteiger partial charge on any atom is -0.486 e. The fourth-order valence-corrected chi connectivity index (χ4v) is 5.22. The largest absolute Gasteiger partial charge is 0.486 e. The molecule has 0 amide bonds. The number of nitrogens with one attached hydrogen (secondary N) is 1. The third-order valence-electron chi connectivity index (χ3n) is 4.87. The molecule has 2 aromatic carbocycles. The summed E-state index contributed by atoms with van der Waals surface area (Å²) in [4.78, 5) is 16.5. The molecule has 0 unspecified atom stereocenters.